The molecule has 0 atom stereocenters. The molecule has 0 radical (unpaired) electrons. The highest BCUT2D eigenvalue weighted by Gasteiger charge is 2.08. The van der Waals surface area contributed by atoms with Gasteiger partial charge in [0.1, 0.15) is 11.5 Å². The average Bonchev–Trinajstić information content (AvgIpc) is 2.60. The monoisotopic (exact) mass is 412 g/mol. The van der Waals surface area contributed by atoms with Crippen LogP contribution >= 0.6 is 27.5 Å². The predicted octanol–water partition coefficient (Wildman–Crippen LogP) is 7.01. The Morgan fingerprint density at radius 3 is 2.50 bits per heavy atom. The second-order valence-corrected chi connectivity index (χ2v) is 7.09. The van der Waals surface area contributed by atoms with Gasteiger partial charge >= 0.3 is 0 Å². The molecule has 2 aromatic carbocycles. The largest absolute Gasteiger partial charge is 0.494 e. The van der Waals surface area contributed by atoms with Crippen molar-refractivity contribution in [2.24, 2.45) is 0 Å². The molecule has 0 N–H and O–H groups in total. The lowest BCUT2D eigenvalue weighted by atomic mass is 10.1. The van der Waals surface area contributed by atoms with Gasteiger partial charge in [-0.15, -0.1) is 0 Å². The van der Waals surface area contributed by atoms with E-state index in [9.17, 15) is 0 Å². The van der Waals surface area contributed by atoms with Crippen LogP contribution in [0.3, 0.4) is 0 Å². The molecule has 0 fully saturated rings. The Kier molecular flexibility index (Phi) is 8.76. The van der Waals surface area contributed by atoms with E-state index in [0.29, 0.717) is 11.6 Å². The van der Waals surface area contributed by atoms with Crippen molar-refractivity contribution < 1.29 is 9.47 Å². The molecule has 0 unspecified atom stereocenters. The summed E-state index contributed by atoms with van der Waals surface area (Å²) in [5.41, 5.74) is 0. The van der Waals surface area contributed by atoms with E-state index in [-0.39, 0.29) is 0 Å². The van der Waals surface area contributed by atoms with E-state index in [1.165, 1.54) is 25.7 Å². The number of fused-ring (bicyclic) bond motifs is 1. The number of benzene rings is 2. The van der Waals surface area contributed by atoms with Crippen LogP contribution in [0.2, 0.25) is 5.02 Å². The minimum absolute atomic E-state index is 0.662. The molecular formula is C20H26BrClO2. The van der Waals surface area contributed by atoms with E-state index in [1.807, 2.05) is 24.3 Å². The maximum absolute atomic E-state index is 6.47. The first-order chi connectivity index (χ1) is 11.8. The maximum Gasteiger partial charge on any atom is 0.138 e. The summed E-state index contributed by atoms with van der Waals surface area (Å²) in [5, 5.41) is 3.69. The van der Waals surface area contributed by atoms with Gasteiger partial charge in [-0.3, -0.25) is 0 Å². The molecule has 0 aliphatic heterocycles. The van der Waals surface area contributed by atoms with E-state index in [1.54, 1.807) is 0 Å². The minimum Gasteiger partial charge on any atom is -0.494 e. The van der Waals surface area contributed by atoms with Gasteiger partial charge in [-0.05, 0) is 42.5 Å². The molecule has 0 saturated carbocycles. The van der Waals surface area contributed by atoms with Crippen molar-refractivity contribution in [1.82, 2.24) is 0 Å². The van der Waals surface area contributed by atoms with Crippen molar-refractivity contribution in [1.29, 1.82) is 0 Å². The zero-order valence-corrected chi connectivity index (χ0v) is 16.7. The third-order valence-electron chi connectivity index (χ3n) is 3.94. The van der Waals surface area contributed by atoms with E-state index in [0.717, 1.165) is 47.1 Å². The van der Waals surface area contributed by atoms with Gasteiger partial charge in [0.2, 0.25) is 0 Å². The molecule has 24 heavy (non-hydrogen) atoms. The van der Waals surface area contributed by atoms with Gasteiger partial charge in [-0.1, -0.05) is 66.2 Å². The highest BCUT2D eigenvalue weighted by molar-refractivity contribution is 9.09. The molecule has 0 aromatic heterocycles. The molecule has 2 aromatic rings. The number of alkyl halides is 1. The number of unbranched alkanes of at least 4 members (excludes halogenated alkanes) is 4. The van der Waals surface area contributed by atoms with E-state index < -0.39 is 0 Å². The van der Waals surface area contributed by atoms with Gasteiger partial charge in [-0.25, -0.2) is 0 Å². The lowest BCUT2D eigenvalue weighted by Gasteiger charge is -2.11. The van der Waals surface area contributed by atoms with Gasteiger partial charge in [0.25, 0.3) is 0 Å². The first kappa shape index (κ1) is 19.4. The fourth-order valence-electron chi connectivity index (χ4n) is 2.58. The smallest absolute Gasteiger partial charge is 0.138 e. The lowest BCUT2D eigenvalue weighted by Crippen LogP contribution is -1.99. The zero-order valence-electron chi connectivity index (χ0n) is 14.3. The molecule has 2 nitrogen and oxygen atoms in total. The molecule has 0 spiro atoms. The fraction of sp³-hybridized carbons (Fsp3) is 0.500. The quantitative estimate of drug-likeness (QED) is 0.291. The summed E-state index contributed by atoms with van der Waals surface area (Å²) in [6.07, 6.45) is 7.19. The SMILES string of the molecule is CCCCCCCOc1ccc2c(Cl)c(OCCCBr)ccc2c1. The number of rotatable bonds is 11. The third-order valence-corrected chi connectivity index (χ3v) is 4.89. The third kappa shape index (κ3) is 5.86. The van der Waals surface area contributed by atoms with Crippen LogP contribution in [0.15, 0.2) is 30.3 Å². The van der Waals surface area contributed by atoms with Gasteiger partial charge in [0, 0.05) is 10.7 Å². The molecule has 2 rings (SSSR count). The first-order valence-electron chi connectivity index (χ1n) is 8.80. The highest BCUT2D eigenvalue weighted by Crippen LogP contribution is 2.34. The highest BCUT2D eigenvalue weighted by atomic mass is 79.9. The molecule has 0 heterocycles. The molecule has 0 saturated heterocycles. The second-order valence-electron chi connectivity index (χ2n) is 5.91. The number of hydrogen-bond donors (Lipinski definition) is 0. The summed E-state index contributed by atoms with van der Waals surface area (Å²) in [5.74, 6) is 1.65. The number of hydrogen-bond acceptors (Lipinski definition) is 2. The van der Waals surface area contributed by atoms with E-state index >= 15 is 0 Å². The van der Waals surface area contributed by atoms with E-state index in [2.05, 4.69) is 28.9 Å². The standard InChI is InChI=1S/C20H26BrClO2/c1-2-3-4-5-6-13-23-17-9-10-18-16(15-17)8-11-19(20(18)22)24-14-7-12-21/h8-11,15H,2-7,12-14H2,1H3. The van der Waals surface area contributed by atoms with Gasteiger partial charge < -0.3 is 9.47 Å². The summed E-state index contributed by atoms with van der Waals surface area (Å²) in [4.78, 5) is 0. The summed E-state index contributed by atoms with van der Waals surface area (Å²) in [6.45, 7) is 3.67. The Morgan fingerprint density at radius 1 is 0.917 bits per heavy atom. The summed E-state index contributed by atoms with van der Waals surface area (Å²) in [6, 6.07) is 10.0. The molecule has 0 aliphatic carbocycles. The van der Waals surface area contributed by atoms with Crippen LogP contribution in [0.1, 0.15) is 45.4 Å². The van der Waals surface area contributed by atoms with Crippen molar-refractivity contribution in [2.45, 2.75) is 45.4 Å². The molecule has 0 aliphatic rings. The topological polar surface area (TPSA) is 18.5 Å². The van der Waals surface area contributed by atoms with E-state index in [4.69, 9.17) is 21.1 Å². The number of ether oxygens (including phenoxy) is 2. The van der Waals surface area contributed by atoms with Gasteiger partial charge in [0.05, 0.1) is 18.2 Å². The zero-order chi connectivity index (χ0) is 17.2. The Hall–Kier alpha value is -0.930. The van der Waals surface area contributed by atoms with Crippen LogP contribution in [0, 0.1) is 0 Å². The second kappa shape index (κ2) is 10.8. The Balaban J connectivity index is 1.94. The number of halogens is 2. The van der Waals surface area contributed by atoms with Gasteiger partial charge in [0.15, 0.2) is 0 Å². The maximum atomic E-state index is 6.47. The van der Waals surface area contributed by atoms with Crippen LogP contribution in [-0.4, -0.2) is 18.5 Å². The van der Waals surface area contributed by atoms with Crippen molar-refractivity contribution >= 4 is 38.3 Å². The minimum atomic E-state index is 0.662. The summed E-state index contributed by atoms with van der Waals surface area (Å²) >= 11 is 9.87. The fourth-order valence-corrected chi connectivity index (χ4v) is 3.10. The molecule has 0 bridgehead atoms. The van der Waals surface area contributed by atoms with Crippen molar-refractivity contribution in [3.8, 4) is 11.5 Å². The van der Waals surface area contributed by atoms with Crippen LogP contribution in [-0.2, 0) is 0 Å². The van der Waals surface area contributed by atoms with Crippen LogP contribution < -0.4 is 9.47 Å². The van der Waals surface area contributed by atoms with Crippen molar-refractivity contribution in [3.05, 3.63) is 35.4 Å². The van der Waals surface area contributed by atoms with Gasteiger partial charge in [-0.2, -0.15) is 0 Å². The Labute approximate surface area is 158 Å². The normalized spacial score (nSPS) is 11.0. The van der Waals surface area contributed by atoms with Crippen molar-refractivity contribution in [3.63, 3.8) is 0 Å². The lowest BCUT2D eigenvalue weighted by molar-refractivity contribution is 0.305. The summed E-state index contributed by atoms with van der Waals surface area (Å²) in [7, 11) is 0. The van der Waals surface area contributed by atoms with Crippen LogP contribution in [0.5, 0.6) is 11.5 Å². The predicted molar refractivity (Wildman–Crippen MR) is 107 cm³/mol. The molecule has 4 heteroatoms. The van der Waals surface area contributed by atoms with Crippen LogP contribution in [0.25, 0.3) is 10.8 Å². The van der Waals surface area contributed by atoms with Crippen molar-refractivity contribution in [2.75, 3.05) is 18.5 Å². The molecular weight excluding hydrogens is 388 g/mol. The Bertz CT molecular complexity index is 630. The van der Waals surface area contributed by atoms with Crippen LogP contribution in [0.4, 0.5) is 0 Å². The molecule has 132 valence electrons. The Morgan fingerprint density at radius 2 is 1.71 bits per heavy atom. The first-order valence-corrected chi connectivity index (χ1v) is 10.3. The summed E-state index contributed by atoms with van der Waals surface area (Å²) < 4.78 is 11.6. The average molecular weight is 414 g/mol. The molecule has 0 amide bonds.